The van der Waals surface area contributed by atoms with Gasteiger partial charge in [-0.2, -0.15) is 0 Å². The third kappa shape index (κ3) is 2.61. The molecule has 1 aromatic heterocycles. The lowest BCUT2D eigenvalue weighted by Crippen LogP contribution is -2.24. The first kappa shape index (κ1) is 12.9. The number of hydrogen-bond donors (Lipinski definition) is 1. The monoisotopic (exact) mass is 280 g/mol. The van der Waals surface area contributed by atoms with Crippen LogP contribution in [-0.4, -0.2) is 29.1 Å². The van der Waals surface area contributed by atoms with E-state index >= 15 is 0 Å². The maximum absolute atomic E-state index is 11.3. The van der Waals surface area contributed by atoms with Crippen molar-refractivity contribution in [3.63, 3.8) is 0 Å². The van der Waals surface area contributed by atoms with Crippen molar-refractivity contribution < 1.29 is 9.90 Å². The number of aliphatic carboxylic acids is 1. The van der Waals surface area contributed by atoms with Crippen LogP contribution < -0.4 is 4.90 Å². The minimum absolute atomic E-state index is 0.374. The van der Waals surface area contributed by atoms with Crippen LogP contribution >= 0.6 is 11.3 Å². The molecule has 1 atom stereocenters. The van der Waals surface area contributed by atoms with Crippen LogP contribution in [0.4, 0.5) is 5.13 Å². The summed E-state index contributed by atoms with van der Waals surface area (Å²) in [5, 5.41) is 10.4. The molecule has 104 valence electrons. The van der Waals surface area contributed by atoms with Crippen molar-refractivity contribution in [1.82, 2.24) is 4.98 Å². The minimum atomic E-state index is -0.714. The molecule has 0 saturated carbocycles. The second-order valence-electron chi connectivity index (χ2n) is 5.49. The van der Waals surface area contributed by atoms with Gasteiger partial charge < -0.3 is 10.0 Å². The van der Waals surface area contributed by atoms with Gasteiger partial charge in [0, 0.05) is 18.0 Å². The van der Waals surface area contributed by atoms with Gasteiger partial charge in [0.1, 0.15) is 5.92 Å². The maximum Gasteiger partial charge on any atom is 0.312 e. The summed E-state index contributed by atoms with van der Waals surface area (Å²) in [6, 6.07) is 0. The van der Waals surface area contributed by atoms with E-state index in [1.165, 1.54) is 30.6 Å². The van der Waals surface area contributed by atoms with Crippen molar-refractivity contribution in [2.75, 3.05) is 18.0 Å². The van der Waals surface area contributed by atoms with Crippen LogP contribution in [0.25, 0.3) is 0 Å². The number of nitrogens with zero attached hydrogens (tertiary/aromatic N) is 2. The van der Waals surface area contributed by atoms with Crippen molar-refractivity contribution in [1.29, 1.82) is 0 Å². The van der Waals surface area contributed by atoms with Gasteiger partial charge in [0.05, 0.1) is 5.69 Å². The Morgan fingerprint density at radius 2 is 1.95 bits per heavy atom. The fourth-order valence-corrected chi connectivity index (χ4v) is 4.26. The molecule has 1 aliphatic carbocycles. The van der Waals surface area contributed by atoms with Crippen LogP contribution in [0, 0.1) is 0 Å². The van der Waals surface area contributed by atoms with Gasteiger partial charge in [0.2, 0.25) is 0 Å². The number of fused-ring (bicyclic) bond motifs is 1. The summed E-state index contributed by atoms with van der Waals surface area (Å²) in [5.41, 5.74) is 0.850. The summed E-state index contributed by atoms with van der Waals surface area (Å²) >= 11 is 1.72. The number of thiazole rings is 1. The Balaban J connectivity index is 1.86. The van der Waals surface area contributed by atoms with Gasteiger partial charge in [-0.25, -0.2) is 4.98 Å². The predicted octanol–water partition coefficient (Wildman–Crippen LogP) is 3.03. The Labute approximate surface area is 117 Å². The Morgan fingerprint density at radius 1 is 1.21 bits per heavy atom. The Bertz CT molecular complexity index is 464. The van der Waals surface area contributed by atoms with Crippen LogP contribution in [0.15, 0.2) is 0 Å². The highest BCUT2D eigenvalue weighted by atomic mass is 32.1. The molecule has 1 fully saturated rings. The quantitative estimate of drug-likeness (QED) is 0.904. The number of carbonyl (C=O) groups is 1. The first-order valence-electron chi connectivity index (χ1n) is 7.23. The SMILES string of the molecule is O=C(O)C1CCCc2sc(N3CCCCCC3)nc21. The van der Waals surface area contributed by atoms with Gasteiger partial charge in [-0.15, -0.1) is 11.3 Å². The van der Waals surface area contributed by atoms with Gasteiger partial charge in [0.15, 0.2) is 5.13 Å². The minimum Gasteiger partial charge on any atom is -0.481 e. The molecule has 2 aliphatic rings. The van der Waals surface area contributed by atoms with Crippen LogP contribution in [0.2, 0.25) is 0 Å². The van der Waals surface area contributed by atoms with E-state index in [1.54, 1.807) is 11.3 Å². The van der Waals surface area contributed by atoms with Gasteiger partial charge in [0.25, 0.3) is 0 Å². The van der Waals surface area contributed by atoms with Crippen molar-refractivity contribution in [3.05, 3.63) is 10.6 Å². The molecule has 0 aromatic carbocycles. The number of aryl methyl sites for hydroxylation is 1. The van der Waals surface area contributed by atoms with Gasteiger partial charge in [-0.3, -0.25) is 4.79 Å². The lowest BCUT2D eigenvalue weighted by atomic mass is 9.91. The second-order valence-corrected chi connectivity index (χ2v) is 6.55. The standard InChI is InChI=1S/C14H20N2O2S/c17-13(18)10-6-5-7-11-12(10)15-14(19-11)16-8-3-1-2-4-9-16/h10H,1-9H2,(H,17,18). The number of rotatable bonds is 2. The molecular formula is C14H20N2O2S. The normalized spacial score (nSPS) is 23.8. The third-order valence-corrected chi connectivity index (χ3v) is 5.31. The Hall–Kier alpha value is -1.10. The zero-order valence-corrected chi connectivity index (χ0v) is 11.9. The summed E-state index contributed by atoms with van der Waals surface area (Å²) in [7, 11) is 0. The number of carboxylic acids is 1. The molecule has 1 aliphatic heterocycles. The van der Waals surface area contributed by atoms with E-state index in [-0.39, 0.29) is 5.92 Å². The second kappa shape index (κ2) is 5.49. The molecule has 5 heteroatoms. The summed E-state index contributed by atoms with van der Waals surface area (Å²) in [5.74, 6) is -1.09. The Morgan fingerprint density at radius 3 is 2.63 bits per heavy atom. The van der Waals surface area contributed by atoms with E-state index in [1.807, 2.05) is 0 Å². The topological polar surface area (TPSA) is 53.4 Å². The predicted molar refractivity (Wildman–Crippen MR) is 76.1 cm³/mol. The van der Waals surface area contributed by atoms with E-state index < -0.39 is 5.97 Å². The fourth-order valence-electron chi connectivity index (χ4n) is 3.04. The summed E-state index contributed by atoms with van der Waals surface area (Å²) < 4.78 is 0. The molecule has 1 saturated heterocycles. The number of anilines is 1. The summed E-state index contributed by atoms with van der Waals surface area (Å²) in [6.45, 7) is 2.15. The van der Waals surface area contributed by atoms with Crippen LogP contribution in [0.1, 0.15) is 55.0 Å². The average Bonchev–Trinajstić information content (AvgIpc) is 2.65. The van der Waals surface area contributed by atoms with Crippen molar-refractivity contribution in [3.8, 4) is 0 Å². The zero-order valence-electron chi connectivity index (χ0n) is 11.1. The maximum atomic E-state index is 11.3. The van der Waals surface area contributed by atoms with E-state index in [2.05, 4.69) is 9.88 Å². The van der Waals surface area contributed by atoms with Crippen molar-refractivity contribution in [2.45, 2.75) is 50.9 Å². The molecule has 1 unspecified atom stereocenters. The number of carboxylic acid groups (broad SMARTS) is 1. The molecule has 1 N–H and O–H groups in total. The number of hydrogen-bond acceptors (Lipinski definition) is 4. The Kier molecular flexibility index (Phi) is 3.73. The molecule has 0 amide bonds. The highest BCUT2D eigenvalue weighted by molar-refractivity contribution is 7.15. The fraction of sp³-hybridized carbons (Fsp3) is 0.714. The number of aromatic nitrogens is 1. The molecule has 0 spiro atoms. The van der Waals surface area contributed by atoms with Crippen LogP contribution in [0.3, 0.4) is 0 Å². The lowest BCUT2D eigenvalue weighted by Gasteiger charge is -2.18. The van der Waals surface area contributed by atoms with Gasteiger partial charge in [-0.1, -0.05) is 12.8 Å². The third-order valence-electron chi connectivity index (χ3n) is 4.12. The molecule has 2 heterocycles. The van der Waals surface area contributed by atoms with E-state index in [4.69, 9.17) is 0 Å². The molecule has 3 rings (SSSR count). The summed E-state index contributed by atoms with van der Waals surface area (Å²) in [4.78, 5) is 19.6. The molecular weight excluding hydrogens is 260 g/mol. The highest BCUT2D eigenvalue weighted by Gasteiger charge is 2.30. The zero-order chi connectivity index (χ0) is 13.2. The van der Waals surface area contributed by atoms with E-state index in [0.29, 0.717) is 0 Å². The molecule has 0 radical (unpaired) electrons. The molecule has 1 aromatic rings. The van der Waals surface area contributed by atoms with Crippen molar-refractivity contribution >= 4 is 22.4 Å². The first-order valence-corrected chi connectivity index (χ1v) is 8.04. The van der Waals surface area contributed by atoms with Crippen molar-refractivity contribution in [2.24, 2.45) is 0 Å². The smallest absolute Gasteiger partial charge is 0.312 e. The molecule has 19 heavy (non-hydrogen) atoms. The van der Waals surface area contributed by atoms with E-state index in [9.17, 15) is 9.90 Å². The van der Waals surface area contributed by atoms with Gasteiger partial charge in [-0.05, 0) is 32.1 Å². The average molecular weight is 280 g/mol. The summed E-state index contributed by atoms with van der Waals surface area (Å²) in [6.07, 6.45) is 7.79. The molecule has 0 bridgehead atoms. The van der Waals surface area contributed by atoms with Gasteiger partial charge >= 0.3 is 5.97 Å². The van der Waals surface area contributed by atoms with Crippen LogP contribution in [0.5, 0.6) is 0 Å². The first-order chi connectivity index (χ1) is 9.25. The lowest BCUT2D eigenvalue weighted by molar-refractivity contribution is -0.139. The highest BCUT2D eigenvalue weighted by Crippen LogP contribution is 2.38. The van der Waals surface area contributed by atoms with Crippen LogP contribution in [-0.2, 0) is 11.2 Å². The van der Waals surface area contributed by atoms with E-state index in [0.717, 1.165) is 43.2 Å². The largest absolute Gasteiger partial charge is 0.481 e. The molecule has 4 nitrogen and oxygen atoms in total.